The third-order valence-electron chi connectivity index (χ3n) is 5.22. The maximum Gasteiger partial charge on any atom is 0.326 e. The Hall–Kier alpha value is -3.95. The summed E-state index contributed by atoms with van der Waals surface area (Å²) < 4.78 is 0. The van der Waals surface area contributed by atoms with Gasteiger partial charge < -0.3 is 49.1 Å². The Morgan fingerprint density at radius 3 is 1.82 bits per heavy atom. The van der Waals surface area contributed by atoms with Gasteiger partial charge in [-0.25, -0.2) is 4.79 Å². The lowest BCUT2D eigenvalue weighted by Crippen LogP contribution is -2.57. The summed E-state index contributed by atoms with van der Waals surface area (Å²) in [5.74, 6) is -5.86. The number of hydrogen-bond acceptors (Lipinski definition) is 8. The second-order valence-corrected chi connectivity index (χ2v) is 9.14. The third-order valence-corrected chi connectivity index (χ3v) is 5.22. The van der Waals surface area contributed by atoms with Crippen molar-refractivity contribution in [3.63, 3.8) is 0 Å². The van der Waals surface area contributed by atoms with Crippen LogP contribution in [0.5, 0.6) is 0 Å². The highest BCUT2D eigenvalue weighted by Crippen LogP contribution is 2.09. The summed E-state index contributed by atoms with van der Waals surface area (Å²) in [6, 6.07) is -5.00. The van der Waals surface area contributed by atoms with Crippen molar-refractivity contribution in [3.8, 4) is 0 Å². The fourth-order valence-corrected chi connectivity index (χ4v) is 3.25. The predicted molar refractivity (Wildman–Crippen MR) is 136 cm³/mol. The SMILES string of the molecule is CC(C)C[C@H](NC(=O)[C@H](CCC(N)=O)NC(=O)[C@@H](N)CCC(=O)O)C(=O)N[C@@H](CCCN=C(N)N)C(=O)O. The summed E-state index contributed by atoms with van der Waals surface area (Å²) in [5.41, 5.74) is 21.3. The average molecular weight is 545 g/mol. The molecule has 16 heteroatoms. The molecule has 0 heterocycles. The Kier molecular flexibility index (Phi) is 15.7. The fourth-order valence-electron chi connectivity index (χ4n) is 3.25. The highest BCUT2D eigenvalue weighted by molar-refractivity contribution is 5.94. The molecule has 4 amide bonds. The van der Waals surface area contributed by atoms with Gasteiger partial charge in [-0.15, -0.1) is 0 Å². The van der Waals surface area contributed by atoms with Crippen LogP contribution in [-0.4, -0.2) is 82.5 Å². The number of aliphatic carboxylic acids is 2. The van der Waals surface area contributed by atoms with E-state index in [9.17, 15) is 33.9 Å². The molecule has 0 aromatic heterocycles. The van der Waals surface area contributed by atoms with E-state index in [0.29, 0.717) is 0 Å². The molecule has 0 rings (SSSR count). The Morgan fingerprint density at radius 1 is 0.763 bits per heavy atom. The van der Waals surface area contributed by atoms with Crippen molar-refractivity contribution in [2.75, 3.05) is 6.54 Å². The second kappa shape index (κ2) is 17.5. The first-order valence-electron chi connectivity index (χ1n) is 12.1. The average Bonchev–Trinajstić information content (AvgIpc) is 2.80. The Morgan fingerprint density at radius 2 is 1.32 bits per heavy atom. The quantitative estimate of drug-likeness (QED) is 0.0450. The smallest absolute Gasteiger partial charge is 0.326 e. The van der Waals surface area contributed by atoms with Gasteiger partial charge in [0, 0.05) is 19.4 Å². The van der Waals surface area contributed by atoms with E-state index in [0.717, 1.165) is 0 Å². The molecule has 4 atom stereocenters. The normalized spacial score (nSPS) is 13.9. The zero-order valence-corrected chi connectivity index (χ0v) is 21.6. The van der Waals surface area contributed by atoms with E-state index < -0.39 is 59.7 Å². The van der Waals surface area contributed by atoms with Crippen molar-refractivity contribution >= 4 is 41.5 Å². The summed E-state index contributed by atoms with van der Waals surface area (Å²) >= 11 is 0. The Bertz CT molecular complexity index is 875. The standard InChI is InChI=1S/C22H40N8O8/c1-11(2)10-15(20(36)29-14(21(37)38)4-3-9-27-22(25)26)30-19(35)13(6-7-16(24)31)28-18(34)12(23)5-8-17(32)33/h11-15H,3-10,23H2,1-2H3,(H2,24,31)(H,28,34)(H,29,36)(H,30,35)(H,32,33)(H,37,38)(H4,25,26,27)/t12-,13-,14-,15-/m0/s1. The molecule has 0 aliphatic rings. The van der Waals surface area contributed by atoms with E-state index in [1.165, 1.54) is 0 Å². The van der Waals surface area contributed by atoms with E-state index in [4.69, 9.17) is 28.0 Å². The van der Waals surface area contributed by atoms with Crippen LogP contribution in [0.25, 0.3) is 0 Å². The van der Waals surface area contributed by atoms with Crippen LogP contribution >= 0.6 is 0 Å². The van der Waals surface area contributed by atoms with Crippen molar-refractivity contribution in [2.45, 2.75) is 83.0 Å². The number of nitrogens with two attached hydrogens (primary N) is 4. The van der Waals surface area contributed by atoms with Crippen LogP contribution in [0.2, 0.25) is 0 Å². The van der Waals surface area contributed by atoms with E-state index in [1.807, 2.05) is 0 Å². The molecule has 13 N–H and O–H groups in total. The molecule has 0 saturated carbocycles. The first-order valence-corrected chi connectivity index (χ1v) is 12.1. The Labute approximate surface area is 220 Å². The summed E-state index contributed by atoms with van der Waals surface area (Å²) in [6.45, 7) is 3.72. The van der Waals surface area contributed by atoms with Gasteiger partial charge in [0.2, 0.25) is 23.6 Å². The third kappa shape index (κ3) is 15.2. The van der Waals surface area contributed by atoms with Crippen molar-refractivity contribution in [1.82, 2.24) is 16.0 Å². The van der Waals surface area contributed by atoms with Gasteiger partial charge in [0.25, 0.3) is 0 Å². The van der Waals surface area contributed by atoms with E-state index in [-0.39, 0.29) is 63.4 Å². The molecule has 0 radical (unpaired) electrons. The molecular formula is C22H40N8O8. The van der Waals surface area contributed by atoms with Crippen LogP contribution in [-0.2, 0) is 28.8 Å². The number of carboxylic acids is 2. The maximum absolute atomic E-state index is 13.0. The van der Waals surface area contributed by atoms with E-state index >= 15 is 0 Å². The molecule has 0 fully saturated rings. The molecule has 216 valence electrons. The zero-order chi connectivity index (χ0) is 29.4. The lowest BCUT2D eigenvalue weighted by molar-refractivity contribution is -0.142. The minimum absolute atomic E-state index is 0.0196. The number of rotatable bonds is 19. The van der Waals surface area contributed by atoms with Crippen molar-refractivity contribution < 1.29 is 39.0 Å². The molecule has 38 heavy (non-hydrogen) atoms. The van der Waals surface area contributed by atoms with Crippen LogP contribution in [0.15, 0.2) is 4.99 Å². The Balaban J connectivity index is 5.53. The number of carbonyl (C=O) groups is 6. The molecular weight excluding hydrogens is 504 g/mol. The van der Waals surface area contributed by atoms with Crippen LogP contribution in [0.4, 0.5) is 0 Å². The lowest BCUT2D eigenvalue weighted by Gasteiger charge is -2.26. The number of carbonyl (C=O) groups excluding carboxylic acids is 4. The number of guanidine groups is 1. The second-order valence-electron chi connectivity index (χ2n) is 9.14. The number of amides is 4. The van der Waals surface area contributed by atoms with E-state index in [2.05, 4.69) is 20.9 Å². The first-order chi connectivity index (χ1) is 17.6. The lowest BCUT2D eigenvalue weighted by atomic mass is 10.0. The molecule has 0 aromatic carbocycles. The summed E-state index contributed by atoms with van der Waals surface area (Å²) in [4.78, 5) is 75.8. The highest BCUT2D eigenvalue weighted by atomic mass is 16.4. The van der Waals surface area contributed by atoms with Gasteiger partial charge in [0.1, 0.15) is 18.1 Å². The van der Waals surface area contributed by atoms with Gasteiger partial charge in [0.05, 0.1) is 6.04 Å². The molecule has 0 aliphatic heterocycles. The van der Waals surface area contributed by atoms with Crippen LogP contribution < -0.4 is 38.9 Å². The largest absolute Gasteiger partial charge is 0.481 e. The van der Waals surface area contributed by atoms with Gasteiger partial charge in [-0.05, 0) is 38.0 Å². The van der Waals surface area contributed by atoms with Crippen LogP contribution in [0.3, 0.4) is 0 Å². The number of aliphatic imine (C=N–C) groups is 1. The number of nitrogens with one attached hydrogen (secondary N) is 3. The first kappa shape index (κ1) is 34.0. The van der Waals surface area contributed by atoms with Crippen molar-refractivity contribution in [1.29, 1.82) is 0 Å². The maximum atomic E-state index is 13.0. The number of nitrogens with zero attached hydrogens (tertiary/aromatic N) is 1. The molecule has 0 bridgehead atoms. The number of primary amides is 1. The topological polar surface area (TPSA) is 295 Å². The van der Waals surface area contributed by atoms with Crippen molar-refractivity contribution in [2.24, 2.45) is 33.8 Å². The van der Waals surface area contributed by atoms with Gasteiger partial charge in [-0.1, -0.05) is 13.8 Å². The minimum atomic E-state index is -1.32. The number of hydrogen-bond donors (Lipinski definition) is 9. The minimum Gasteiger partial charge on any atom is -0.481 e. The molecule has 0 saturated heterocycles. The van der Waals surface area contributed by atoms with Crippen molar-refractivity contribution in [3.05, 3.63) is 0 Å². The summed E-state index contributed by atoms with van der Waals surface area (Å²) in [5, 5.41) is 25.5. The monoisotopic (exact) mass is 544 g/mol. The predicted octanol–water partition coefficient (Wildman–Crippen LogP) is -2.92. The van der Waals surface area contributed by atoms with Gasteiger partial charge in [0.15, 0.2) is 5.96 Å². The fraction of sp³-hybridized carbons (Fsp3) is 0.682. The molecule has 16 nitrogen and oxygen atoms in total. The molecule has 0 unspecified atom stereocenters. The summed E-state index contributed by atoms with van der Waals surface area (Å²) in [6.07, 6.45) is -0.640. The van der Waals surface area contributed by atoms with Gasteiger partial charge in [-0.3, -0.25) is 29.0 Å². The van der Waals surface area contributed by atoms with Gasteiger partial charge >= 0.3 is 11.9 Å². The highest BCUT2D eigenvalue weighted by Gasteiger charge is 2.31. The van der Waals surface area contributed by atoms with E-state index in [1.54, 1.807) is 13.8 Å². The zero-order valence-electron chi connectivity index (χ0n) is 21.6. The molecule has 0 aromatic rings. The van der Waals surface area contributed by atoms with Gasteiger partial charge in [-0.2, -0.15) is 0 Å². The number of carboxylic acid groups (broad SMARTS) is 2. The molecule has 0 spiro atoms. The van der Waals surface area contributed by atoms with Crippen LogP contribution in [0.1, 0.15) is 58.8 Å². The summed E-state index contributed by atoms with van der Waals surface area (Å²) in [7, 11) is 0. The van der Waals surface area contributed by atoms with Crippen LogP contribution in [0, 0.1) is 5.92 Å². The molecule has 0 aliphatic carbocycles.